The fourth-order valence-electron chi connectivity index (χ4n) is 3.22. The van der Waals surface area contributed by atoms with Crippen molar-refractivity contribution in [1.29, 1.82) is 0 Å². The Hall–Kier alpha value is 0.650. The summed E-state index contributed by atoms with van der Waals surface area (Å²) in [5.41, 5.74) is 0. The minimum Gasteiger partial charge on any atom is -0.302 e. The molecule has 3 heteroatoms. The summed E-state index contributed by atoms with van der Waals surface area (Å²) in [4.78, 5) is 2.74. The molecule has 0 bridgehead atoms. The molecule has 80 valence electrons. The van der Waals surface area contributed by atoms with Gasteiger partial charge in [-0.1, -0.05) is 6.42 Å². The summed E-state index contributed by atoms with van der Waals surface area (Å²) in [5, 5.41) is 0. The van der Waals surface area contributed by atoms with E-state index in [1.54, 1.807) is 0 Å². The van der Waals surface area contributed by atoms with E-state index in [0.717, 1.165) is 17.8 Å². The van der Waals surface area contributed by atoms with Gasteiger partial charge in [0.1, 0.15) is 0 Å². The van der Waals surface area contributed by atoms with Gasteiger partial charge in [0.05, 0.1) is 0 Å². The van der Waals surface area contributed by atoms with Gasteiger partial charge in [0.2, 0.25) is 0 Å². The van der Waals surface area contributed by atoms with E-state index in [4.69, 9.17) is 0 Å². The number of likely N-dealkylation sites (tertiary alicyclic amines) is 1. The third-order valence-corrected chi connectivity index (χ3v) is 5.05. The summed E-state index contributed by atoms with van der Waals surface area (Å²) in [6, 6.07) is 0. The van der Waals surface area contributed by atoms with E-state index in [-0.39, 0.29) is 0 Å². The smallest absolute Gasteiger partial charge is 0.0201 e. The zero-order valence-corrected chi connectivity index (χ0v) is 10.8. The maximum atomic E-state index is 2.74. The summed E-state index contributed by atoms with van der Waals surface area (Å²) in [7, 11) is 0. The Bertz CT molecular complexity index is 203. The van der Waals surface area contributed by atoms with Gasteiger partial charge in [-0.05, 0) is 30.6 Å². The quantitative estimate of drug-likeness (QED) is 0.569. The Balaban J connectivity index is 1.51. The monoisotopic (exact) mass is 306 g/mol. The van der Waals surface area contributed by atoms with Crippen LogP contribution in [0.5, 0.6) is 0 Å². The minimum absolute atomic E-state index is 0.993. The van der Waals surface area contributed by atoms with Crippen LogP contribution in [0.3, 0.4) is 0 Å². The standard InChI is InChI=1S/C11H19IN2/c12-14-7-10-5-13(6-11(10)8-14)4-9-2-1-3-9/h9-11H,1-8H2/t10-,11+. The van der Waals surface area contributed by atoms with E-state index < -0.39 is 0 Å². The molecule has 0 aromatic rings. The molecule has 0 amide bonds. The van der Waals surface area contributed by atoms with Crippen molar-refractivity contribution in [2.24, 2.45) is 17.8 Å². The van der Waals surface area contributed by atoms with Crippen LogP contribution in [-0.2, 0) is 0 Å². The van der Waals surface area contributed by atoms with Gasteiger partial charge in [0, 0.05) is 55.6 Å². The topological polar surface area (TPSA) is 6.48 Å². The fraction of sp³-hybridized carbons (Fsp3) is 1.00. The van der Waals surface area contributed by atoms with Crippen LogP contribution in [0.25, 0.3) is 0 Å². The molecular weight excluding hydrogens is 287 g/mol. The first kappa shape index (κ1) is 9.85. The number of hydrogen-bond donors (Lipinski definition) is 0. The molecule has 2 saturated heterocycles. The Kier molecular flexibility index (Phi) is 2.75. The number of hydrogen-bond acceptors (Lipinski definition) is 2. The van der Waals surface area contributed by atoms with Crippen LogP contribution >= 0.6 is 22.9 Å². The lowest BCUT2D eigenvalue weighted by atomic mass is 9.85. The van der Waals surface area contributed by atoms with Crippen molar-refractivity contribution in [2.45, 2.75) is 19.3 Å². The molecule has 1 saturated carbocycles. The van der Waals surface area contributed by atoms with Crippen LogP contribution in [0.15, 0.2) is 0 Å². The maximum absolute atomic E-state index is 2.74. The molecule has 2 atom stereocenters. The molecule has 14 heavy (non-hydrogen) atoms. The van der Waals surface area contributed by atoms with Crippen LogP contribution in [0.4, 0.5) is 0 Å². The van der Waals surface area contributed by atoms with Gasteiger partial charge >= 0.3 is 0 Å². The average Bonchev–Trinajstić information content (AvgIpc) is 2.53. The number of nitrogens with zero attached hydrogens (tertiary/aromatic N) is 2. The molecule has 0 aromatic carbocycles. The van der Waals surface area contributed by atoms with Gasteiger partial charge < -0.3 is 4.90 Å². The van der Waals surface area contributed by atoms with Gasteiger partial charge in [0.15, 0.2) is 0 Å². The predicted molar refractivity (Wildman–Crippen MR) is 66.4 cm³/mol. The Morgan fingerprint density at radius 3 is 2.14 bits per heavy atom. The molecule has 2 nitrogen and oxygen atoms in total. The SMILES string of the molecule is IN1C[C@@H]2CN(CC3CCC3)C[C@@H]2C1. The molecular formula is C11H19IN2. The lowest BCUT2D eigenvalue weighted by molar-refractivity contribution is 0.194. The van der Waals surface area contributed by atoms with Crippen molar-refractivity contribution in [2.75, 3.05) is 32.7 Å². The third-order valence-electron chi connectivity index (χ3n) is 4.26. The van der Waals surface area contributed by atoms with E-state index >= 15 is 0 Å². The van der Waals surface area contributed by atoms with Crippen LogP contribution in [0, 0.1) is 17.8 Å². The van der Waals surface area contributed by atoms with Gasteiger partial charge in [0.25, 0.3) is 0 Å². The Labute approximate surface area is 101 Å². The van der Waals surface area contributed by atoms with Gasteiger partial charge in [-0.2, -0.15) is 0 Å². The van der Waals surface area contributed by atoms with E-state index in [9.17, 15) is 0 Å². The van der Waals surface area contributed by atoms with Crippen molar-refractivity contribution >= 4 is 22.9 Å². The van der Waals surface area contributed by atoms with E-state index in [0.29, 0.717) is 0 Å². The number of rotatable bonds is 2. The van der Waals surface area contributed by atoms with Crippen LogP contribution < -0.4 is 0 Å². The number of fused-ring (bicyclic) bond motifs is 1. The normalized spacial score (nSPS) is 40.1. The first-order valence-electron chi connectivity index (χ1n) is 5.94. The van der Waals surface area contributed by atoms with Gasteiger partial charge in [-0.15, -0.1) is 0 Å². The molecule has 0 spiro atoms. The summed E-state index contributed by atoms with van der Waals surface area (Å²) in [6.45, 7) is 6.87. The average molecular weight is 306 g/mol. The van der Waals surface area contributed by atoms with E-state index in [1.807, 2.05) is 0 Å². The Morgan fingerprint density at radius 2 is 1.64 bits per heavy atom. The lowest BCUT2D eigenvalue weighted by Gasteiger charge is -2.30. The molecule has 0 radical (unpaired) electrons. The van der Waals surface area contributed by atoms with Gasteiger partial charge in [-0.3, -0.25) is 0 Å². The highest BCUT2D eigenvalue weighted by Crippen LogP contribution is 2.35. The van der Waals surface area contributed by atoms with E-state index in [1.165, 1.54) is 52.0 Å². The highest BCUT2D eigenvalue weighted by atomic mass is 127. The molecule has 3 rings (SSSR count). The highest BCUT2D eigenvalue weighted by molar-refractivity contribution is 14.1. The summed E-state index contributed by atoms with van der Waals surface area (Å²) in [5.74, 6) is 3.04. The molecule has 2 aliphatic heterocycles. The first-order chi connectivity index (χ1) is 6.81. The summed E-state index contributed by atoms with van der Waals surface area (Å²) < 4.78 is 2.48. The second-order valence-electron chi connectivity index (χ2n) is 5.36. The van der Waals surface area contributed by atoms with Crippen molar-refractivity contribution < 1.29 is 0 Å². The largest absolute Gasteiger partial charge is 0.302 e. The van der Waals surface area contributed by atoms with Crippen molar-refractivity contribution in [3.05, 3.63) is 0 Å². The van der Waals surface area contributed by atoms with E-state index in [2.05, 4.69) is 30.9 Å². The molecule has 0 unspecified atom stereocenters. The molecule has 3 aliphatic rings. The molecule has 3 fully saturated rings. The van der Waals surface area contributed by atoms with Crippen LogP contribution in [-0.4, -0.2) is 40.7 Å². The zero-order valence-electron chi connectivity index (χ0n) is 8.66. The second-order valence-corrected chi connectivity index (χ2v) is 6.73. The lowest BCUT2D eigenvalue weighted by Crippen LogP contribution is -2.32. The fourth-order valence-corrected chi connectivity index (χ4v) is 4.23. The van der Waals surface area contributed by atoms with Crippen molar-refractivity contribution in [3.63, 3.8) is 0 Å². The third kappa shape index (κ3) is 1.83. The van der Waals surface area contributed by atoms with Crippen LogP contribution in [0.2, 0.25) is 0 Å². The molecule has 2 heterocycles. The zero-order chi connectivity index (χ0) is 9.54. The number of halogens is 1. The molecule has 0 aromatic heterocycles. The van der Waals surface area contributed by atoms with Crippen LogP contribution in [0.1, 0.15) is 19.3 Å². The maximum Gasteiger partial charge on any atom is 0.0201 e. The predicted octanol–water partition coefficient (Wildman–Crippen LogP) is 2.00. The molecule has 1 aliphatic carbocycles. The Morgan fingerprint density at radius 1 is 1.00 bits per heavy atom. The van der Waals surface area contributed by atoms with Gasteiger partial charge in [-0.25, -0.2) is 3.11 Å². The summed E-state index contributed by atoms with van der Waals surface area (Å²) in [6.07, 6.45) is 4.50. The highest BCUT2D eigenvalue weighted by Gasteiger charge is 2.39. The van der Waals surface area contributed by atoms with Crippen molar-refractivity contribution in [3.8, 4) is 0 Å². The summed E-state index contributed by atoms with van der Waals surface area (Å²) >= 11 is 2.49. The minimum atomic E-state index is 0.993. The second kappa shape index (κ2) is 3.91. The van der Waals surface area contributed by atoms with Crippen molar-refractivity contribution in [1.82, 2.24) is 8.01 Å². The molecule has 0 N–H and O–H groups in total. The first-order valence-corrected chi connectivity index (χ1v) is 6.91.